The van der Waals surface area contributed by atoms with Crippen LogP contribution in [0.4, 0.5) is 4.79 Å². The molecule has 1 unspecified atom stereocenters. The highest BCUT2D eigenvalue weighted by molar-refractivity contribution is 8.20. The normalized spacial score (nSPS) is 15.9. The first kappa shape index (κ1) is 24.5. The number of nitrogens with one attached hydrogen (secondary N) is 2. The quantitative estimate of drug-likeness (QED) is 0.452. The van der Waals surface area contributed by atoms with Crippen LogP contribution in [0.2, 0.25) is 0 Å². The summed E-state index contributed by atoms with van der Waals surface area (Å²) < 4.78 is 5.99. The van der Waals surface area contributed by atoms with E-state index in [0.29, 0.717) is 11.1 Å². The van der Waals surface area contributed by atoms with Crippen molar-refractivity contribution in [2.24, 2.45) is 0 Å². The number of benzene rings is 2. The van der Waals surface area contributed by atoms with Gasteiger partial charge in [0.15, 0.2) is 0 Å². The highest BCUT2D eigenvalue weighted by Gasteiger charge is 2.30. The van der Waals surface area contributed by atoms with E-state index in [-0.39, 0.29) is 31.3 Å². The maximum atomic E-state index is 12.7. The van der Waals surface area contributed by atoms with E-state index in [1.165, 1.54) is 0 Å². The Labute approximate surface area is 207 Å². The van der Waals surface area contributed by atoms with Crippen LogP contribution in [0, 0.1) is 0 Å². The zero-order valence-electron chi connectivity index (χ0n) is 18.7. The molecule has 0 aromatic heterocycles. The average molecular weight is 501 g/mol. The number of carbonyl (C=O) groups excluding carboxylic acids is 2. The molecule has 1 atom stereocenters. The van der Waals surface area contributed by atoms with Crippen LogP contribution in [0.3, 0.4) is 0 Å². The third-order valence-corrected chi connectivity index (χ3v) is 9.14. The van der Waals surface area contributed by atoms with E-state index >= 15 is 0 Å². The molecule has 4 rings (SSSR count). The van der Waals surface area contributed by atoms with Crippen LogP contribution in [0.1, 0.15) is 36.3 Å². The van der Waals surface area contributed by atoms with Crippen LogP contribution in [0.15, 0.2) is 48.5 Å². The van der Waals surface area contributed by atoms with Crippen molar-refractivity contribution in [2.75, 3.05) is 24.7 Å². The first-order valence-corrected chi connectivity index (χ1v) is 13.5. The fourth-order valence-electron chi connectivity index (χ4n) is 4.33. The molecule has 0 saturated carbocycles. The number of fused-ring (bicyclic) bond motifs is 3. The van der Waals surface area contributed by atoms with Crippen LogP contribution in [0.25, 0.3) is 11.1 Å². The van der Waals surface area contributed by atoms with Crippen molar-refractivity contribution in [3.05, 3.63) is 59.7 Å². The monoisotopic (exact) mass is 500 g/mol. The van der Waals surface area contributed by atoms with Gasteiger partial charge < -0.3 is 20.5 Å². The summed E-state index contributed by atoms with van der Waals surface area (Å²) in [6.07, 6.45) is -0.124. The van der Waals surface area contributed by atoms with Crippen molar-refractivity contribution in [1.29, 1.82) is 0 Å². The molecule has 1 heterocycles. The molecule has 0 bridgehead atoms. The number of ether oxygens (including phenoxy) is 1. The fourth-order valence-corrected chi connectivity index (χ4v) is 7.16. The molecule has 1 fully saturated rings. The number of hydrogen-bond donors (Lipinski definition) is 3. The van der Waals surface area contributed by atoms with Gasteiger partial charge in [0.1, 0.15) is 12.6 Å². The van der Waals surface area contributed by atoms with Gasteiger partial charge in [-0.3, -0.25) is 9.59 Å². The number of hydrogen-bond acceptors (Lipinski definition) is 6. The molecule has 0 radical (unpaired) electrons. The molecule has 2 aliphatic rings. The summed E-state index contributed by atoms with van der Waals surface area (Å²) in [6, 6.07) is 15.1. The number of thioether (sulfide) groups is 2. The number of alkyl carbamates (subject to hydrolysis) is 1. The minimum Gasteiger partial charge on any atom is -0.481 e. The molecule has 180 valence electrons. The van der Waals surface area contributed by atoms with E-state index in [1.807, 2.05) is 59.9 Å². The van der Waals surface area contributed by atoms with Crippen molar-refractivity contribution in [1.82, 2.24) is 10.6 Å². The van der Waals surface area contributed by atoms with Gasteiger partial charge in [0.25, 0.3) is 0 Å². The predicted octanol–water partition coefficient (Wildman–Crippen LogP) is 4.07. The summed E-state index contributed by atoms with van der Waals surface area (Å²) in [4.78, 5) is 36.3. The number of aliphatic carboxylic acids is 1. The second-order valence-electron chi connectivity index (χ2n) is 8.21. The van der Waals surface area contributed by atoms with Gasteiger partial charge in [0, 0.05) is 30.4 Å². The second kappa shape index (κ2) is 11.7. The van der Waals surface area contributed by atoms with Crippen molar-refractivity contribution in [3.63, 3.8) is 0 Å². The Morgan fingerprint density at radius 2 is 1.62 bits per heavy atom. The van der Waals surface area contributed by atoms with E-state index in [4.69, 9.17) is 9.84 Å². The Kier molecular flexibility index (Phi) is 8.39. The lowest BCUT2D eigenvalue weighted by atomic mass is 9.98. The number of carbonyl (C=O) groups is 3. The van der Waals surface area contributed by atoms with Gasteiger partial charge in [0.2, 0.25) is 5.91 Å². The van der Waals surface area contributed by atoms with Gasteiger partial charge >= 0.3 is 12.1 Å². The summed E-state index contributed by atoms with van der Waals surface area (Å²) in [5.41, 5.74) is 4.45. The smallest absolute Gasteiger partial charge is 0.407 e. The second-order valence-corrected chi connectivity index (χ2v) is 11.1. The highest BCUT2D eigenvalue weighted by Crippen LogP contribution is 2.44. The van der Waals surface area contributed by atoms with E-state index < -0.39 is 18.1 Å². The molecule has 9 heteroatoms. The summed E-state index contributed by atoms with van der Waals surface area (Å²) in [5.74, 6) is 0.737. The maximum Gasteiger partial charge on any atom is 0.407 e. The lowest BCUT2D eigenvalue weighted by Gasteiger charge is -2.19. The Morgan fingerprint density at radius 3 is 2.24 bits per heavy atom. The molecule has 2 amide bonds. The molecule has 3 N–H and O–H groups in total. The third-order valence-electron chi connectivity index (χ3n) is 5.97. The molecule has 7 nitrogen and oxygen atoms in total. The number of amides is 2. The summed E-state index contributed by atoms with van der Waals surface area (Å²) in [6.45, 7) is 0.614. The lowest BCUT2D eigenvalue weighted by molar-refractivity contribution is -0.137. The molecular weight excluding hydrogens is 472 g/mol. The Balaban J connectivity index is 1.34. The molecule has 1 aliphatic heterocycles. The highest BCUT2D eigenvalue weighted by atomic mass is 32.2. The Hall–Kier alpha value is -2.65. The van der Waals surface area contributed by atoms with Gasteiger partial charge in [0.05, 0.1) is 4.58 Å². The van der Waals surface area contributed by atoms with Crippen molar-refractivity contribution in [2.45, 2.75) is 35.8 Å². The van der Waals surface area contributed by atoms with Gasteiger partial charge in [-0.15, -0.1) is 23.5 Å². The number of rotatable bonds is 10. The van der Waals surface area contributed by atoms with Crippen LogP contribution in [0.5, 0.6) is 0 Å². The van der Waals surface area contributed by atoms with Gasteiger partial charge in [-0.1, -0.05) is 48.5 Å². The lowest BCUT2D eigenvalue weighted by Crippen LogP contribution is -2.47. The topological polar surface area (TPSA) is 105 Å². The van der Waals surface area contributed by atoms with Gasteiger partial charge in [-0.25, -0.2) is 4.79 Å². The zero-order chi connectivity index (χ0) is 23.9. The summed E-state index contributed by atoms with van der Waals surface area (Å²) >= 11 is 3.76. The molecule has 2 aromatic carbocycles. The molecule has 0 spiro atoms. The SMILES string of the molecule is O=C(O)CCC(NC(=O)OCC1c2ccccc2-c2ccccc21)C(=O)NCCC1SCCS1. The zero-order valence-corrected chi connectivity index (χ0v) is 20.3. The standard InChI is InChI=1S/C25H28N2O5S2/c28-22(29)10-9-21(24(30)26-12-11-23-33-13-14-34-23)27-25(31)32-15-20-18-7-3-1-5-16(18)17-6-2-4-8-19(17)20/h1-8,20-21,23H,9-15H2,(H,26,30)(H,27,31)(H,28,29). The van der Waals surface area contributed by atoms with E-state index in [9.17, 15) is 14.4 Å². The molecule has 2 aromatic rings. The van der Waals surface area contributed by atoms with Crippen LogP contribution in [-0.2, 0) is 14.3 Å². The first-order valence-electron chi connectivity index (χ1n) is 11.4. The average Bonchev–Trinajstić information content (AvgIpc) is 3.46. The Morgan fingerprint density at radius 1 is 1.00 bits per heavy atom. The fraction of sp³-hybridized carbons (Fsp3) is 0.400. The minimum absolute atomic E-state index is 0.00170. The molecule has 1 saturated heterocycles. The largest absolute Gasteiger partial charge is 0.481 e. The van der Waals surface area contributed by atoms with Crippen molar-refractivity contribution < 1.29 is 24.2 Å². The van der Waals surface area contributed by atoms with Gasteiger partial charge in [-0.2, -0.15) is 0 Å². The number of carboxylic acid groups (broad SMARTS) is 1. The first-order chi connectivity index (χ1) is 16.5. The summed E-state index contributed by atoms with van der Waals surface area (Å²) in [5, 5.41) is 14.5. The molecule has 34 heavy (non-hydrogen) atoms. The van der Waals surface area contributed by atoms with Crippen LogP contribution < -0.4 is 10.6 Å². The Bertz CT molecular complexity index is 996. The molecule has 1 aliphatic carbocycles. The molecular formula is C25H28N2O5S2. The van der Waals surface area contributed by atoms with E-state index in [2.05, 4.69) is 22.8 Å². The summed E-state index contributed by atoms with van der Waals surface area (Å²) in [7, 11) is 0. The maximum absolute atomic E-state index is 12.7. The van der Waals surface area contributed by atoms with Crippen LogP contribution in [-0.4, -0.2) is 58.4 Å². The van der Waals surface area contributed by atoms with Crippen LogP contribution >= 0.6 is 23.5 Å². The van der Waals surface area contributed by atoms with Crippen molar-refractivity contribution in [3.8, 4) is 11.1 Å². The third kappa shape index (κ3) is 6.07. The van der Waals surface area contributed by atoms with Gasteiger partial charge in [-0.05, 0) is 35.1 Å². The van der Waals surface area contributed by atoms with E-state index in [0.717, 1.165) is 40.2 Å². The minimum atomic E-state index is -1.02. The predicted molar refractivity (Wildman–Crippen MR) is 135 cm³/mol. The van der Waals surface area contributed by atoms with Crippen molar-refractivity contribution >= 4 is 41.5 Å². The van der Waals surface area contributed by atoms with E-state index in [1.54, 1.807) is 0 Å². The number of carboxylic acids is 1.